The van der Waals surface area contributed by atoms with E-state index in [2.05, 4.69) is 15.4 Å². The largest absolute Gasteiger partial charge is 0.386 e. The first-order valence-electron chi connectivity index (χ1n) is 7.51. The number of aliphatic imine (C=N–C) groups is 1. The van der Waals surface area contributed by atoms with Gasteiger partial charge in [-0.2, -0.15) is 5.10 Å². The lowest BCUT2D eigenvalue weighted by Gasteiger charge is -2.30. The molecule has 0 saturated heterocycles. The Balaban J connectivity index is 1.91. The minimum absolute atomic E-state index is 0.0875. The number of aromatic nitrogens is 2. The molecular formula is C16H17ClFN5O2. The van der Waals surface area contributed by atoms with Crippen LogP contribution in [0.25, 0.3) is 0 Å². The molecule has 1 aliphatic rings. The molecule has 2 aromatic rings. The van der Waals surface area contributed by atoms with E-state index in [9.17, 15) is 9.18 Å². The normalized spacial score (nSPS) is 20.2. The summed E-state index contributed by atoms with van der Waals surface area (Å²) in [5.74, 6) is -0.655. The lowest BCUT2D eigenvalue weighted by molar-refractivity contribution is 0.102. The topological polar surface area (TPSA) is 94.5 Å². The molecule has 2 heterocycles. The van der Waals surface area contributed by atoms with Crippen molar-refractivity contribution in [2.45, 2.75) is 12.5 Å². The lowest BCUT2D eigenvalue weighted by Crippen LogP contribution is -2.38. The first-order chi connectivity index (χ1) is 11.8. The molecule has 1 aromatic heterocycles. The molecule has 0 bridgehead atoms. The van der Waals surface area contributed by atoms with Crippen LogP contribution < -0.4 is 11.1 Å². The van der Waals surface area contributed by atoms with Gasteiger partial charge in [0.05, 0.1) is 11.6 Å². The molecule has 0 spiro atoms. The Kier molecular flexibility index (Phi) is 4.49. The number of amides is 1. The number of amidine groups is 1. The molecule has 1 aromatic carbocycles. The summed E-state index contributed by atoms with van der Waals surface area (Å²) in [4.78, 5) is 16.6. The highest BCUT2D eigenvalue weighted by Crippen LogP contribution is 2.32. The molecule has 0 radical (unpaired) electrons. The Morgan fingerprint density at radius 2 is 2.28 bits per heavy atom. The highest BCUT2D eigenvalue weighted by atomic mass is 35.5. The van der Waals surface area contributed by atoms with E-state index in [0.29, 0.717) is 11.5 Å². The van der Waals surface area contributed by atoms with Crippen molar-refractivity contribution in [3.05, 3.63) is 46.5 Å². The summed E-state index contributed by atoms with van der Waals surface area (Å²) < 4.78 is 21.2. The minimum atomic E-state index is -0.963. The van der Waals surface area contributed by atoms with Crippen molar-refractivity contribution >= 4 is 29.0 Å². The van der Waals surface area contributed by atoms with Gasteiger partial charge in [-0.15, -0.1) is 0 Å². The van der Waals surface area contributed by atoms with Gasteiger partial charge in [0.2, 0.25) is 0 Å². The van der Waals surface area contributed by atoms with Crippen molar-refractivity contribution < 1.29 is 13.9 Å². The Morgan fingerprint density at radius 1 is 1.52 bits per heavy atom. The third kappa shape index (κ3) is 3.49. The number of hydrogen-bond acceptors (Lipinski definition) is 5. The number of halogens is 2. The third-order valence-electron chi connectivity index (χ3n) is 3.83. The van der Waals surface area contributed by atoms with Crippen LogP contribution in [0.4, 0.5) is 10.1 Å². The standard InChI is InChI=1S/C16H17ClFN5O2/c1-16(8-25-7-13(19)21-16)10-5-9(3-4-12(10)18)20-15(24)14-11(17)6-23(2)22-14/h3-6H,7-8H2,1-2H3,(H2,19,21)(H,20,24)/t16-/m0/s1. The zero-order chi connectivity index (χ0) is 18.2. The van der Waals surface area contributed by atoms with Crippen LogP contribution in [-0.2, 0) is 17.3 Å². The van der Waals surface area contributed by atoms with Crippen LogP contribution in [0.1, 0.15) is 23.0 Å². The van der Waals surface area contributed by atoms with Gasteiger partial charge >= 0.3 is 0 Å². The fourth-order valence-corrected chi connectivity index (χ4v) is 2.96. The summed E-state index contributed by atoms with van der Waals surface area (Å²) in [6, 6.07) is 4.22. The molecular weight excluding hydrogens is 349 g/mol. The smallest absolute Gasteiger partial charge is 0.277 e. The van der Waals surface area contributed by atoms with Crippen LogP contribution in [0, 0.1) is 5.82 Å². The van der Waals surface area contributed by atoms with Crippen molar-refractivity contribution in [2.75, 3.05) is 18.5 Å². The number of rotatable bonds is 3. The second kappa shape index (κ2) is 6.45. The zero-order valence-corrected chi connectivity index (χ0v) is 14.5. The summed E-state index contributed by atoms with van der Waals surface area (Å²) in [5.41, 5.74) is 5.51. The molecule has 25 heavy (non-hydrogen) atoms. The van der Waals surface area contributed by atoms with E-state index in [0.717, 1.165) is 0 Å². The molecule has 7 nitrogen and oxygen atoms in total. The molecule has 0 fully saturated rings. The molecule has 0 saturated carbocycles. The number of carbonyl (C=O) groups excluding carboxylic acids is 1. The molecule has 0 unspecified atom stereocenters. The van der Waals surface area contributed by atoms with Gasteiger partial charge in [0, 0.05) is 24.5 Å². The number of ether oxygens (including phenoxy) is 1. The van der Waals surface area contributed by atoms with E-state index in [1.165, 1.54) is 29.1 Å². The van der Waals surface area contributed by atoms with Crippen molar-refractivity contribution in [3.63, 3.8) is 0 Å². The van der Waals surface area contributed by atoms with Gasteiger partial charge in [0.15, 0.2) is 5.69 Å². The second-order valence-corrected chi connectivity index (χ2v) is 6.43. The molecule has 0 aliphatic carbocycles. The average Bonchev–Trinajstić information content (AvgIpc) is 2.87. The average molecular weight is 366 g/mol. The van der Waals surface area contributed by atoms with Gasteiger partial charge < -0.3 is 15.8 Å². The Morgan fingerprint density at radius 3 is 2.92 bits per heavy atom. The predicted octanol–water partition coefficient (Wildman–Crippen LogP) is 2.07. The number of carbonyl (C=O) groups is 1. The van der Waals surface area contributed by atoms with Gasteiger partial charge in [-0.3, -0.25) is 14.5 Å². The molecule has 132 valence electrons. The highest BCUT2D eigenvalue weighted by Gasteiger charge is 2.33. The van der Waals surface area contributed by atoms with Gasteiger partial charge in [0.1, 0.15) is 23.8 Å². The summed E-state index contributed by atoms with van der Waals surface area (Å²) >= 11 is 5.97. The van der Waals surface area contributed by atoms with Crippen molar-refractivity contribution in [3.8, 4) is 0 Å². The van der Waals surface area contributed by atoms with Crippen molar-refractivity contribution in [2.24, 2.45) is 17.8 Å². The van der Waals surface area contributed by atoms with E-state index in [-0.39, 0.29) is 29.5 Å². The predicted molar refractivity (Wildman–Crippen MR) is 92.4 cm³/mol. The van der Waals surface area contributed by atoms with Crippen molar-refractivity contribution in [1.82, 2.24) is 9.78 Å². The van der Waals surface area contributed by atoms with Crippen LogP contribution >= 0.6 is 11.6 Å². The number of benzene rings is 1. The fourth-order valence-electron chi connectivity index (χ4n) is 2.69. The maximum atomic E-state index is 14.3. The summed E-state index contributed by atoms with van der Waals surface area (Å²) in [7, 11) is 1.66. The molecule has 1 atom stereocenters. The first kappa shape index (κ1) is 17.4. The SMILES string of the molecule is Cn1cc(Cl)c(C(=O)Nc2ccc(F)c([C@]3(C)COCC(N)=N3)c2)n1. The second-order valence-electron chi connectivity index (χ2n) is 6.02. The van der Waals surface area contributed by atoms with E-state index < -0.39 is 17.3 Å². The van der Waals surface area contributed by atoms with Gasteiger partial charge in [-0.05, 0) is 25.1 Å². The fraction of sp³-hybridized carbons (Fsp3) is 0.312. The highest BCUT2D eigenvalue weighted by molar-refractivity contribution is 6.34. The maximum Gasteiger partial charge on any atom is 0.277 e. The van der Waals surface area contributed by atoms with E-state index in [1.807, 2.05) is 0 Å². The van der Waals surface area contributed by atoms with Gasteiger partial charge in [0.25, 0.3) is 5.91 Å². The number of aryl methyl sites for hydroxylation is 1. The Labute approximate surface area is 148 Å². The van der Waals surface area contributed by atoms with Crippen LogP contribution in [0.3, 0.4) is 0 Å². The van der Waals surface area contributed by atoms with Gasteiger partial charge in [-0.25, -0.2) is 4.39 Å². The lowest BCUT2D eigenvalue weighted by atomic mass is 9.92. The Hall–Kier alpha value is -2.45. The number of nitrogens with one attached hydrogen (secondary N) is 1. The molecule has 3 rings (SSSR count). The monoisotopic (exact) mass is 365 g/mol. The minimum Gasteiger partial charge on any atom is -0.386 e. The number of anilines is 1. The third-order valence-corrected chi connectivity index (χ3v) is 4.10. The Bertz CT molecular complexity index is 866. The maximum absolute atomic E-state index is 14.3. The first-order valence-corrected chi connectivity index (χ1v) is 7.89. The van der Waals surface area contributed by atoms with E-state index in [4.69, 9.17) is 22.1 Å². The zero-order valence-electron chi connectivity index (χ0n) is 13.7. The van der Waals surface area contributed by atoms with Crippen LogP contribution in [-0.4, -0.2) is 34.7 Å². The van der Waals surface area contributed by atoms with Crippen molar-refractivity contribution in [1.29, 1.82) is 0 Å². The number of hydrogen-bond donors (Lipinski definition) is 2. The summed E-state index contributed by atoms with van der Waals surface area (Å²) in [6.45, 7) is 2.12. The van der Waals surface area contributed by atoms with E-state index in [1.54, 1.807) is 14.0 Å². The molecule has 9 heteroatoms. The van der Waals surface area contributed by atoms with Crippen LogP contribution in [0.15, 0.2) is 29.4 Å². The van der Waals surface area contributed by atoms with E-state index >= 15 is 0 Å². The van der Waals surface area contributed by atoms with Gasteiger partial charge in [-0.1, -0.05) is 11.6 Å². The molecule has 3 N–H and O–H groups in total. The molecule has 1 aliphatic heterocycles. The van der Waals surface area contributed by atoms with Crippen LogP contribution in [0.2, 0.25) is 5.02 Å². The quantitative estimate of drug-likeness (QED) is 0.870. The number of nitrogens with two attached hydrogens (primary N) is 1. The molecule has 1 amide bonds. The van der Waals surface area contributed by atoms with Crippen LogP contribution in [0.5, 0.6) is 0 Å². The summed E-state index contributed by atoms with van der Waals surface area (Å²) in [5, 5.41) is 6.89. The summed E-state index contributed by atoms with van der Waals surface area (Å²) in [6.07, 6.45) is 1.52. The number of nitrogens with zero attached hydrogens (tertiary/aromatic N) is 3.